The van der Waals surface area contributed by atoms with Crippen LogP contribution in [0.3, 0.4) is 0 Å². The van der Waals surface area contributed by atoms with Gasteiger partial charge >= 0.3 is 0 Å². The summed E-state index contributed by atoms with van der Waals surface area (Å²) in [6.45, 7) is 13.0. The molecule has 0 saturated carbocycles. The third-order valence-corrected chi connectivity index (χ3v) is 3.26. The highest BCUT2D eigenvalue weighted by atomic mass is 16.4. The van der Waals surface area contributed by atoms with Crippen molar-refractivity contribution in [1.29, 1.82) is 0 Å². The Balaban J connectivity index is 2.43. The molecule has 0 radical (unpaired) electrons. The van der Waals surface area contributed by atoms with Gasteiger partial charge in [0.25, 0.3) is 0 Å². The summed E-state index contributed by atoms with van der Waals surface area (Å²) in [5.41, 5.74) is 2.27. The number of oxazole rings is 1. The summed E-state index contributed by atoms with van der Waals surface area (Å²) in [4.78, 5) is 4.78. The molecule has 1 aromatic carbocycles. The second kappa shape index (κ2) is 5.08. The number of aromatic nitrogens is 1. The Kier molecular flexibility index (Phi) is 3.77. The molecule has 2 aromatic rings. The predicted molar refractivity (Wildman–Crippen MR) is 83.2 cm³/mol. The summed E-state index contributed by atoms with van der Waals surface area (Å²) in [6, 6.07) is 10.4. The fraction of sp³-hybridized carbons (Fsp3) is 0.500. The van der Waals surface area contributed by atoms with Gasteiger partial charge < -0.3 is 4.42 Å². The molecule has 2 nitrogen and oxygen atoms in total. The largest absolute Gasteiger partial charge is 0.444 e. The average Bonchev–Trinajstić information content (AvgIpc) is 2.74. The smallest absolute Gasteiger partial charge is 0.200 e. The second-order valence-corrected chi connectivity index (χ2v) is 7.45. The van der Waals surface area contributed by atoms with Crippen molar-refractivity contribution in [3.8, 4) is 0 Å². The van der Waals surface area contributed by atoms with E-state index in [2.05, 4.69) is 65.8 Å². The zero-order chi connectivity index (χ0) is 15.0. The zero-order valence-corrected chi connectivity index (χ0v) is 13.4. The first-order valence-corrected chi connectivity index (χ1v) is 7.22. The van der Waals surface area contributed by atoms with Gasteiger partial charge in [-0.3, -0.25) is 0 Å². The maximum Gasteiger partial charge on any atom is 0.200 e. The molecule has 0 amide bonds. The van der Waals surface area contributed by atoms with E-state index in [0.717, 1.165) is 23.8 Å². The van der Waals surface area contributed by atoms with E-state index in [1.807, 2.05) is 6.07 Å². The van der Waals surface area contributed by atoms with Crippen molar-refractivity contribution in [1.82, 2.24) is 4.98 Å². The van der Waals surface area contributed by atoms with E-state index < -0.39 is 0 Å². The molecular formula is C18H25NO. The first-order valence-electron chi connectivity index (χ1n) is 7.22. The second-order valence-electron chi connectivity index (χ2n) is 7.45. The third-order valence-electron chi connectivity index (χ3n) is 3.26. The van der Waals surface area contributed by atoms with E-state index in [0.29, 0.717) is 0 Å². The van der Waals surface area contributed by atoms with Crippen molar-refractivity contribution in [2.45, 2.75) is 58.8 Å². The summed E-state index contributed by atoms with van der Waals surface area (Å²) in [6.07, 6.45) is 0.802. The highest BCUT2D eigenvalue weighted by Crippen LogP contribution is 2.32. The van der Waals surface area contributed by atoms with Crippen LogP contribution in [0, 0.1) is 0 Å². The van der Waals surface area contributed by atoms with Crippen LogP contribution in [0.25, 0.3) is 0 Å². The Morgan fingerprint density at radius 1 is 0.900 bits per heavy atom. The maximum atomic E-state index is 6.10. The van der Waals surface area contributed by atoms with E-state index in [1.165, 1.54) is 5.56 Å². The van der Waals surface area contributed by atoms with Gasteiger partial charge in [-0.25, -0.2) is 4.98 Å². The normalized spacial score (nSPS) is 12.7. The maximum absolute atomic E-state index is 6.10. The van der Waals surface area contributed by atoms with Crippen LogP contribution in [-0.4, -0.2) is 4.98 Å². The van der Waals surface area contributed by atoms with Crippen LogP contribution in [-0.2, 0) is 17.3 Å². The zero-order valence-electron chi connectivity index (χ0n) is 13.4. The standard InChI is InChI=1S/C18H25NO/c1-17(2,3)15-14(12-13-10-8-7-9-11-13)20-16(19-15)18(4,5)6/h7-11H,12H2,1-6H3. The van der Waals surface area contributed by atoms with Crippen molar-refractivity contribution in [2.24, 2.45) is 0 Å². The first kappa shape index (κ1) is 14.8. The lowest BCUT2D eigenvalue weighted by Crippen LogP contribution is -2.16. The molecule has 0 aliphatic carbocycles. The van der Waals surface area contributed by atoms with E-state index in [4.69, 9.17) is 9.40 Å². The molecule has 0 aliphatic rings. The molecule has 0 saturated heterocycles. The van der Waals surface area contributed by atoms with Gasteiger partial charge in [-0.2, -0.15) is 0 Å². The van der Waals surface area contributed by atoms with Gasteiger partial charge in [0.15, 0.2) is 5.89 Å². The Morgan fingerprint density at radius 3 is 2.00 bits per heavy atom. The molecule has 20 heavy (non-hydrogen) atoms. The van der Waals surface area contributed by atoms with Gasteiger partial charge in [0, 0.05) is 17.3 Å². The lowest BCUT2D eigenvalue weighted by molar-refractivity contribution is 0.375. The van der Waals surface area contributed by atoms with Crippen molar-refractivity contribution in [3.05, 3.63) is 53.2 Å². The molecule has 0 spiro atoms. The van der Waals surface area contributed by atoms with Crippen LogP contribution in [0.2, 0.25) is 0 Å². The summed E-state index contributed by atoms with van der Waals surface area (Å²) in [7, 11) is 0. The fourth-order valence-corrected chi connectivity index (χ4v) is 2.16. The van der Waals surface area contributed by atoms with Gasteiger partial charge in [-0.15, -0.1) is 0 Å². The molecule has 0 N–H and O–H groups in total. The third kappa shape index (κ3) is 3.30. The summed E-state index contributed by atoms with van der Waals surface area (Å²) in [5.74, 6) is 1.82. The lowest BCUT2D eigenvalue weighted by Gasteiger charge is -2.16. The number of nitrogens with zero attached hydrogens (tertiary/aromatic N) is 1. The van der Waals surface area contributed by atoms with E-state index in [9.17, 15) is 0 Å². The van der Waals surface area contributed by atoms with E-state index >= 15 is 0 Å². The first-order chi connectivity index (χ1) is 9.18. The van der Waals surface area contributed by atoms with Gasteiger partial charge in [-0.1, -0.05) is 71.9 Å². The summed E-state index contributed by atoms with van der Waals surface area (Å²) >= 11 is 0. The highest BCUT2D eigenvalue weighted by molar-refractivity contribution is 5.27. The van der Waals surface area contributed by atoms with Crippen molar-refractivity contribution >= 4 is 0 Å². The average molecular weight is 271 g/mol. The molecule has 2 heteroatoms. The predicted octanol–water partition coefficient (Wildman–Crippen LogP) is 4.86. The Bertz CT molecular complexity index is 568. The summed E-state index contributed by atoms with van der Waals surface area (Å²) in [5, 5.41) is 0. The van der Waals surface area contributed by atoms with Gasteiger partial charge in [-0.05, 0) is 5.56 Å². The molecule has 1 aromatic heterocycles. The topological polar surface area (TPSA) is 26.0 Å². The van der Waals surface area contributed by atoms with Crippen LogP contribution in [0.4, 0.5) is 0 Å². The molecule has 2 rings (SSSR count). The molecule has 108 valence electrons. The van der Waals surface area contributed by atoms with Crippen LogP contribution < -0.4 is 0 Å². The molecule has 0 atom stereocenters. The minimum Gasteiger partial charge on any atom is -0.444 e. The number of hydrogen-bond acceptors (Lipinski definition) is 2. The van der Waals surface area contributed by atoms with E-state index in [-0.39, 0.29) is 10.8 Å². The molecular weight excluding hydrogens is 246 g/mol. The number of hydrogen-bond donors (Lipinski definition) is 0. The molecule has 0 bridgehead atoms. The SMILES string of the molecule is CC(C)(C)c1nc(C(C)(C)C)c(Cc2ccccc2)o1. The Morgan fingerprint density at radius 2 is 1.50 bits per heavy atom. The van der Waals surface area contributed by atoms with E-state index in [1.54, 1.807) is 0 Å². The van der Waals surface area contributed by atoms with Crippen molar-refractivity contribution < 1.29 is 4.42 Å². The number of rotatable bonds is 2. The quantitative estimate of drug-likeness (QED) is 0.779. The van der Waals surface area contributed by atoms with Crippen molar-refractivity contribution in [3.63, 3.8) is 0 Å². The van der Waals surface area contributed by atoms with Gasteiger partial charge in [0.05, 0.1) is 5.69 Å². The van der Waals surface area contributed by atoms with Gasteiger partial charge in [0.1, 0.15) is 5.76 Å². The molecule has 1 heterocycles. The number of benzene rings is 1. The van der Waals surface area contributed by atoms with Gasteiger partial charge in [0.2, 0.25) is 0 Å². The fourth-order valence-electron chi connectivity index (χ4n) is 2.16. The monoisotopic (exact) mass is 271 g/mol. The van der Waals surface area contributed by atoms with Crippen molar-refractivity contribution in [2.75, 3.05) is 0 Å². The van der Waals surface area contributed by atoms with Crippen LogP contribution >= 0.6 is 0 Å². The molecule has 0 unspecified atom stereocenters. The lowest BCUT2D eigenvalue weighted by atomic mass is 9.89. The van der Waals surface area contributed by atoms with Crippen LogP contribution in [0.1, 0.15) is 64.5 Å². The minimum absolute atomic E-state index is 0.00286. The molecule has 0 fully saturated rings. The minimum atomic E-state index is -0.0606. The van der Waals surface area contributed by atoms with Crippen LogP contribution in [0.5, 0.6) is 0 Å². The molecule has 0 aliphatic heterocycles. The Labute approximate surface area is 122 Å². The Hall–Kier alpha value is -1.57. The van der Waals surface area contributed by atoms with Crippen LogP contribution in [0.15, 0.2) is 34.7 Å². The summed E-state index contributed by atoms with van der Waals surface area (Å²) < 4.78 is 6.10. The highest BCUT2D eigenvalue weighted by Gasteiger charge is 2.29.